The molecule has 21 heavy (non-hydrogen) atoms. The highest BCUT2D eigenvalue weighted by molar-refractivity contribution is 5.39. The van der Waals surface area contributed by atoms with Crippen LogP contribution in [0.3, 0.4) is 0 Å². The molecule has 1 aromatic rings. The molecule has 0 heterocycles. The number of ether oxygens (including phenoxy) is 1. The molecule has 0 radical (unpaired) electrons. The standard InChI is InChI=1S/C19H31NO/c1-14-13-16(21-5)8-9-17(14)19(20)11-6-7-15(10-12-19)18(2,3)4/h8-9,13,15H,6-7,10-12,20H2,1-5H3. The topological polar surface area (TPSA) is 35.2 Å². The summed E-state index contributed by atoms with van der Waals surface area (Å²) < 4.78 is 5.32. The van der Waals surface area contributed by atoms with Gasteiger partial charge in [-0.15, -0.1) is 0 Å². The lowest BCUT2D eigenvalue weighted by Crippen LogP contribution is -2.37. The van der Waals surface area contributed by atoms with Gasteiger partial charge < -0.3 is 10.5 Å². The molecule has 2 unspecified atom stereocenters. The first-order valence-electron chi connectivity index (χ1n) is 8.20. The zero-order chi connectivity index (χ0) is 15.7. The van der Waals surface area contributed by atoms with Gasteiger partial charge in [-0.05, 0) is 67.2 Å². The molecule has 2 N–H and O–H groups in total. The summed E-state index contributed by atoms with van der Waals surface area (Å²) in [7, 11) is 1.71. The Labute approximate surface area is 130 Å². The minimum absolute atomic E-state index is 0.170. The second-order valence-corrected chi connectivity index (χ2v) is 7.83. The summed E-state index contributed by atoms with van der Waals surface area (Å²) in [6.07, 6.45) is 5.93. The van der Waals surface area contributed by atoms with Crippen molar-refractivity contribution in [1.82, 2.24) is 0 Å². The van der Waals surface area contributed by atoms with Crippen LogP contribution in [0.2, 0.25) is 0 Å². The minimum atomic E-state index is -0.170. The summed E-state index contributed by atoms with van der Waals surface area (Å²) in [6, 6.07) is 6.32. The summed E-state index contributed by atoms with van der Waals surface area (Å²) in [4.78, 5) is 0. The smallest absolute Gasteiger partial charge is 0.119 e. The highest BCUT2D eigenvalue weighted by Gasteiger charge is 2.35. The van der Waals surface area contributed by atoms with Crippen molar-refractivity contribution in [2.24, 2.45) is 17.1 Å². The number of aryl methyl sites for hydroxylation is 1. The maximum Gasteiger partial charge on any atom is 0.119 e. The first kappa shape index (κ1) is 16.4. The van der Waals surface area contributed by atoms with Gasteiger partial charge >= 0.3 is 0 Å². The molecular weight excluding hydrogens is 258 g/mol. The van der Waals surface area contributed by atoms with Gasteiger partial charge in [0.25, 0.3) is 0 Å². The first-order valence-corrected chi connectivity index (χ1v) is 8.20. The van der Waals surface area contributed by atoms with E-state index in [-0.39, 0.29) is 5.54 Å². The van der Waals surface area contributed by atoms with Gasteiger partial charge in [0.05, 0.1) is 7.11 Å². The van der Waals surface area contributed by atoms with Crippen LogP contribution in [0.25, 0.3) is 0 Å². The zero-order valence-electron chi connectivity index (χ0n) is 14.3. The highest BCUT2D eigenvalue weighted by Crippen LogP contribution is 2.43. The number of hydrogen-bond donors (Lipinski definition) is 1. The fraction of sp³-hybridized carbons (Fsp3) is 0.684. The Balaban J connectivity index is 2.23. The van der Waals surface area contributed by atoms with Gasteiger partial charge in [-0.3, -0.25) is 0 Å². The van der Waals surface area contributed by atoms with Crippen LogP contribution in [0, 0.1) is 18.3 Å². The van der Waals surface area contributed by atoms with Crippen molar-refractivity contribution in [3.8, 4) is 5.75 Å². The highest BCUT2D eigenvalue weighted by atomic mass is 16.5. The Morgan fingerprint density at radius 3 is 2.48 bits per heavy atom. The first-order chi connectivity index (χ1) is 9.76. The quantitative estimate of drug-likeness (QED) is 0.795. The van der Waals surface area contributed by atoms with E-state index in [4.69, 9.17) is 10.5 Å². The maximum atomic E-state index is 6.84. The van der Waals surface area contributed by atoms with Crippen molar-refractivity contribution in [2.45, 2.75) is 65.3 Å². The van der Waals surface area contributed by atoms with Gasteiger partial charge in [0, 0.05) is 5.54 Å². The van der Waals surface area contributed by atoms with E-state index in [1.807, 2.05) is 6.07 Å². The number of rotatable bonds is 2. The van der Waals surface area contributed by atoms with Crippen molar-refractivity contribution in [3.05, 3.63) is 29.3 Å². The van der Waals surface area contributed by atoms with E-state index in [0.29, 0.717) is 5.41 Å². The van der Waals surface area contributed by atoms with Crippen molar-refractivity contribution in [1.29, 1.82) is 0 Å². The Kier molecular flexibility index (Phi) is 4.67. The van der Waals surface area contributed by atoms with E-state index in [2.05, 4.69) is 39.8 Å². The third-order valence-corrected chi connectivity index (χ3v) is 5.31. The fourth-order valence-corrected chi connectivity index (χ4v) is 3.82. The van der Waals surface area contributed by atoms with E-state index in [1.54, 1.807) is 7.11 Å². The van der Waals surface area contributed by atoms with E-state index >= 15 is 0 Å². The van der Waals surface area contributed by atoms with Crippen LogP contribution in [0.4, 0.5) is 0 Å². The lowest BCUT2D eigenvalue weighted by Gasteiger charge is -2.32. The second-order valence-electron chi connectivity index (χ2n) is 7.83. The SMILES string of the molecule is COc1ccc(C2(N)CCCC(C(C)(C)C)CC2)c(C)c1. The van der Waals surface area contributed by atoms with E-state index in [0.717, 1.165) is 24.5 Å². The third-order valence-electron chi connectivity index (χ3n) is 5.31. The maximum absolute atomic E-state index is 6.84. The summed E-state index contributed by atoms with van der Waals surface area (Å²) in [6.45, 7) is 9.23. The lowest BCUT2D eigenvalue weighted by molar-refractivity contribution is 0.210. The van der Waals surface area contributed by atoms with Gasteiger partial charge in [-0.1, -0.05) is 33.3 Å². The second kappa shape index (κ2) is 6.00. The molecule has 1 fully saturated rings. The third kappa shape index (κ3) is 3.60. The van der Waals surface area contributed by atoms with Crippen LogP contribution < -0.4 is 10.5 Å². The fourth-order valence-electron chi connectivity index (χ4n) is 3.82. The van der Waals surface area contributed by atoms with E-state index < -0.39 is 0 Å². The molecule has 1 aromatic carbocycles. The molecule has 2 nitrogen and oxygen atoms in total. The van der Waals surface area contributed by atoms with Crippen LogP contribution >= 0.6 is 0 Å². The molecule has 2 rings (SSSR count). The van der Waals surface area contributed by atoms with Crippen LogP contribution in [0.5, 0.6) is 5.75 Å². The van der Waals surface area contributed by atoms with Crippen LogP contribution in [-0.4, -0.2) is 7.11 Å². The zero-order valence-corrected chi connectivity index (χ0v) is 14.3. The predicted molar refractivity (Wildman–Crippen MR) is 89.6 cm³/mol. The van der Waals surface area contributed by atoms with Crippen molar-refractivity contribution < 1.29 is 4.74 Å². The molecule has 1 aliphatic rings. The summed E-state index contributed by atoms with van der Waals surface area (Å²) in [5, 5.41) is 0. The average Bonchev–Trinajstić information content (AvgIpc) is 2.60. The minimum Gasteiger partial charge on any atom is -0.497 e. The van der Waals surface area contributed by atoms with Crippen molar-refractivity contribution >= 4 is 0 Å². The van der Waals surface area contributed by atoms with Crippen LogP contribution in [0.15, 0.2) is 18.2 Å². The lowest BCUT2D eigenvalue weighted by atomic mass is 9.75. The number of methoxy groups -OCH3 is 1. The Bertz CT molecular complexity index is 489. The Morgan fingerprint density at radius 2 is 1.90 bits per heavy atom. The number of nitrogens with two attached hydrogens (primary N) is 1. The monoisotopic (exact) mass is 289 g/mol. The van der Waals surface area contributed by atoms with Gasteiger partial charge in [0.1, 0.15) is 5.75 Å². The van der Waals surface area contributed by atoms with E-state index in [9.17, 15) is 0 Å². The molecule has 1 aliphatic carbocycles. The molecule has 0 aliphatic heterocycles. The molecule has 0 bridgehead atoms. The van der Waals surface area contributed by atoms with Gasteiger partial charge in [0.15, 0.2) is 0 Å². The van der Waals surface area contributed by atoms with Gasteiger partial charge in [-0.2, -0.15) is 0 Å². The van der Waals surface area contributed by atoms with Crippen molar-refractivity contribution in [2.75, 3.05) is 7.11 Å². The molecule has 2 heteroatoms. The molecule has 0 saturated heterocycles. The molecule has 0 aromatic heterocycles. The van der Waals surface area contributed by atoms with E-state index in [1.165, 1.54) is 30.4 Å². The Hall–Kier alpha value is -1.02. The molecule has 0 amide bonds. The molecule has 1 saturated carbocycles. The molecular formula is C19H31NO. The summed E-state index contributed by atoms with van der Waals surface area (Å²) >= 11 is 0. The molecule has 2 atom stereocenters. The van der Waals surface area contributed by atoms with Gasteiger partial charge in [0.2, 0.25) is 0 Å². The Morgan fingerprint density at radius 1 is 1.19 bits per heavy atom. The molecule has 118 valence electrons. The molecule has 0 spiro atoms. The summed E-state index contributed by atoms with van der Waals surface area (Å²) in [5.41, 5.74) is 9.62. The average molecular weight is 289 g/mol. The van der Waals surface area contributed by atoms with Crippen LogP contribution in [0.1, 0.15) is 64.0 Å². The summed E-state index contributed by atoms with van der Waals surface area (Å²) in [5.74, 6) is 1.70. The predicted octanol–water partition coefficient (Wildman–Crippen LogP) is 4.78. The number of benzene rings is 1. The number of hydrogen-bond acceptors (Lipinski definition) is 2. The van der Waals surface area contributed by atoms with Crippen LogP contribution in [-0.2, 0) is 5.54 Å². The largest absolute Gasteiger partial charge is 0.497 e. The van der Waals surface area contributed by atoms with Crippen molar-refractivity contribution in [3.63, 3.8) is 0 Å². The van der Waals surface area contributed by atoms with Gasteiger partial charge in [-0.25, -0.2) is 0 Å². The normalized spacial score (nSPS) is 27.2.